The third-order valence-electron chi connectivity index (χ3n) is 6.22. The van der Waals surface area contributed by atoms with Crippen LogP contribution in [0.25, 0.3) is 22.4 Å². The predicted molar refractivity (Wildman–Crippen MR) is 141 cm³/mol. The van der Waals surface area contributed by atoms with Crippen molar-refractivity contribution in [1.82, 2.24) is 24.6 Å². The number of amidine groups is 1. The van der Waals surface area contributed by atoms with E-state index in [0.717, 1.165) is 11.2 Å². The molecule has 11 heteroatoms. The molecule has 0 saturated carbocycles. The minimum absolute atomic E-state index is 0.117. The number of rotatable bonds is 8. The largest absolute Gasteiger partial charge is 0.494 e. The number of methoxy groups -OCH3 is 1. The van der Waals surface area contributed by atoms with Crippen LogP contribution in [0.5, 0.6) is 11.5 Å². The van der Waals surface area contributed by atoms with Crippen molar-refractivity contribution in [2.75, 3.05) is 32.6 Å². The van der Waals surface area contributed by atoms with E-state index < -0.39 is 11.6 Å². The highest BCUT2D eigenvalue weighted by Crippen LogP contribution is 2.31. The molecule has 0 amide bonds. The number of fused-ring (bicyclic) bond motifs is 1. The Balaban J connectivity index is 1.54. The van der Waals surface area contributed by atoms with Crippen molar-refractivity contribution in [3.05, 3.63) is 71.7 Å². The van der Waals surface area contributed by atoms with Crippen molar-refractivity contribution in [1.29, 1.82) is 0 Å². The fourth-order valence-electron chi connectivity index (χ4n) is 4.13. The van der Waals surface area contributed by atoms with Crippen molar-refractivity contribution >= 4 is 22.6 Å². The molecule has 0 radical (unpaired) electrons. The number of nitrogens with one attached hydrogen (secondary N) is 1. The number of anilines is 1. The van der Waals surface area contributed by atoms with Gasteiger partial charge in [-0.05, 0) is 26.0 Å². The SMILES string of the molecule is CCOc1cc(F)c(Cn2nc(-c3ncc(OC)c(NC4=CCN(C)C(C)=N4)n3)c3ccccc32)c(F)c1. The smallest absolute Gasteiger partial charge is 0.183 e. The summed E-state index contributed by atoms with van der Waals surface area (Å²) in [7, 11) is 3.49. The van der Waals surface area contributed by atoms with Crippen molar-refractivity contribution in [3.63, 3.8) is 0 Å². The molecule has 2 aromatic carbocycles. The maximum Gasteiger partial charge on any atom is 0.183 e. The second-order valence-corrected chi connectivity index (χ2v) is 8.69. The number of likely N-dealkylation sites (N-methyl/N-ethyl adjacent to an activating group) is 1. The molecular weight excluding hydrogens is 492 g/mol. The van der Waals surface area contributed by atoms with E-state index in [1.54, 1.807) is 17.8 Å². The summed E-state index contributed by atoms with van der Waals surface area (Å²) in [6.07, 6.45) is 3.49. The van der Waals surface area contributed by atoms with Gasteiger partial charge in [0.15, 0.2) is 17.4 Å². The Kier molecular flexibility index (Phi) is 6.91. The van der Waals surface area contributed by atoms with E-state index in [0.29, 0.717) is 47.6 Å². The summed E-state index contributed by atoms with van der Waals surface area (Å²) in [6, 6.07) is 9.76. The lowest BCUT2D eigenvalue weighted by Gasteiger charge is -2.22. The van der Waals surface area contributed by atoms with E-state index in [4.69, 9.17) is 9.47 Å². The number of hydrogen-bond acceptors (Lipinski definition) is 8. The lowest BCUT2D eigenvalue weighted by atomic mass is 10.1. The molecule has 0 unspecified atom stereocenters. The van der Waals surface area contributed by atoms with Gasteiger partial charge in [-0.2, -0.15) is 5.10 Å². The Hall–Kier alpha value is -4.54. The second-order valence-electron chi connectivity index (χ2n) is 8.69. The van der Waals surface area contributed by atoms with E-state index in [1.165, 1.54) is 19.2 Å². The zero-order chi connectivity index (χ0) is 26.8. The standard InChI is InChI=1S/C27H27F2N7O2/c1-5-38-17-12-20(28)19(21(29)13-17)15-36-22-9-7-6-8-18(22)25(34-36)27-30-14-23(37-4)26(33-27)32-24-10-11-35(3)16(2)31-24/h6-10,12-14H,5,11,15H2,1-4H3,(H,30,32,33). The molecule has 0 saturated heterocycles. The molecule has 0 atom stereocenters. The van der Waals surface area contributed by atoms with E-state index in [9.17, 15) is 8.78 Å². The Labute approximate surface area is 218 Å². The third-order valence-corrected chi connectivity index (χ3v) is 6.22. The van der Waals surface area contributed by atoms with Crippen molar-refractivity contribution in [3.8, 4) is 23.0 Å². The summed E-state index contributed by atoms with van der Waals surface area (Å²) in [5.41, 5.74) is 1.03. The van der Waals surface area contributed by atoms with E-state index in [2.05, 4.69) is 25.4 Å². The quantitative estimate of drug-likeness (QED) is 0.356. The van der Waals surface area contributed by atoms with Crippen molar-refractivity contribution < 1.29 is 18.3 Å². The lowest BCUT2D eigenvalue weighted by Crippen LogP contribution is -2.28. The molecule has 0 bridgehead atoms. The number of para-hydroxylation sites is 1. The summed E-state index contributed by atoms with van der Waals surface area (Å²) in [5, 5.41) is 8.62. The molecule has 196 valence electrons. The number of ether oxygens (including phenoxy) is 2. The maximum atomic E-state index is 14.8. The fraction of sp³-hybridized carbons (Fsp3) is 0.259. The average Bonchev–Trinajstić information content (AvgIpc) is 3.27. The van der Waals surface area contributed by atoms with Crippen LogP contribution in [-0.2, 0) is 6.54 Å². The average molecular weight is 520 g/mol. The fourth-order valence-corrected chi connectivity index (χ4v) is 4.13. The number of halogens is 2. The molecule has 1 aliphatic rings. The number of benzene rings is 2. The first-order valence-corrected chi connectivity index (χ1v) is 12.1. The van der Waals surface area contributed by atoms with Gasteiger partial charge in [0.25, 0.3) is 0 Å². The topological polar surface area (TPSA) is 89.7 Å². The number of nitrogens with zero attached hydrogens (tertiary/aromatic N) is 6. The summed E-state index contributed by atoms with van der Waals surface area (Å²) in [6.45, 7) is 4.56. The van der Waals surface area contributed by atoms with E-state index in [1.807, 2.05) is 49.2 Å². The molecule has 5 rings (SSSR count). The Morgan fingerprint density at radius 3 is 2.61 bits per heavy atom. The molecule has 3 heterocycles. The van der Waals surface area contributed by atoms with Gasteiger partial charge in [-0.3, -0.25) is 4.68 Å². The Morgan fingerprint density at radius 2 is 1.89 bits per heavy atom. The maximum absolute atomic E-state index is 14.8. The van der Waals surface area contributed by atoms with Gasteiger partial charge in [0.05, 0.1) is 32.0 Å². The third kappa shape index (κ3) is 4.86. The monoisotopic (exact) mass is 519 g/mol. The first kappa shape index (κ1) is 25.1. The molecule has 38 heavy (non-hydrogen) atoms. The zero-order valence-corrected chi connectivity index (χ0v) is 21.5. The second kappa shape index (κ2) is 10.4. The Morgan fingerprint density at radius 1 is 1.13 bits per heavy atom. The molecule has 0 spiro atoms. The highest BCUT2D eigenvalue weighted by molar-refractivity contribution is 5.92. The molecular formula is C27H27F2N7O2. The summed E-state index contributed by atoms with van der Waals surface area (Å²) in [5.74, 6) is 1.42. The van der Waals surface area contributed by atoms with Crippen LogP contribution in [0.15, 0.2) is 59.5 Å². The van der Waals surface area contributed by atoms with Gasteiger partial charge in [0, 0.05) is 36.7 Å². The zero-order valence-electron chi connectivity index (χ0n) is 21.5. The van der Waals surface area contributed by atoms with Crippen LogP contribution >= 0.6 is 0 Å². The van der Waals surface area contributed by atoms with Gasteiger partial charge in [-0.1, -0.05) is 18.2 Å². The Bertz CT molecular complexity index is 1540. The first-order valence-electron chi connectivity index (χ1n) is 12.1. The van der Waals surface area contributed by atoms with E-state index in [-0.39, 0.29) is 17.9 Å². The number of hydrogen-bond donors (Lipinski definition) is 1. The number of aliphatic imine (C=N–C) groups is 1. The summed E-state index contributed by atoms with van der Waals surface area (Å²) >= 11 is 0. The van der Waals surface area contributed by atoms with Crippen LogP contribution in [0.3, 0.4) is 0 Å². The summed E-state index contributed by atoms with van der Waals surface area (Å²) < 4.78 is 41.9. The molecule has 4 aromatic rings. The van der Waals surface area contributed by atoms with Crippen LogP contribution in [0, 0.1) is 11.6 Å². The van der Waals surface area contributed by atoms with Crippen LogP contribution in [0.4, 0.5) is 14.6 Å². The van der Waals surface area contributed by atoms with Crippen molar-refractivity contribution in [2.24, 2.45) is 4.99 Å². The molecule has 9 nitrogen and oxygen atoms in total. The first-order chi connectivity index (χ1) is 18.4. The predicted octanol–water partition coefficient (Wildman–Crippen LogP) is 4.84. The summed E-state index contributed by atoms with van der Waals surface area (Å²) in [4.78, 5) is 15.7. The van der Waals surface area contributed by atoms with Gasteiger partial charge in [-0.25, -0.2) is 23.7 Å². The van der Waals surface area contributed by atoms with Gasteiger partial charge >= 0.3 is 0 Å². The van der Waals surface area contributed by atoms with Gasteiger partial charge in [-0.15, -0.1) is 0 Å². The molecule has 0 aliphatic carbocycles. The van der Waals surface area contributed by atoms with E-state index >= 15 is 0 Å². The minimum atomic E-state index is -0.705. The van der Waals surface area contributed by atoms with Crippen LogP contribution < -0.4 is 14.8 Å². The van der Waals surface area contributed by atoms with Gasteiger partial charge < -0.3 is 19.7 Å². The van der Waals surface area contributed by atoms with Crippen LogP contribution in [-0.4, -0.2) is 57.8 Å². The highest BCUT2D eigenvalue weighted by Gasteiger charge is 2.20. The normalized spacial score (nSPS) is 13.4. The minimum Gasteiger partial charge on any atom is -0.494 e. The highest BCUT2D eigenvalue weighted by atomic mass is 19.1. The molecule has 1 aliphatic heterocycles. The number of aromatic nitrogens is 4. The molecule has 0 fully saturated rings. The van der Waals surface area contributed by atoms with Gasteiger partial charge in [0.1, 0.15) is 34.7 Å². The lowest BCUT2D eigenvalue weighted by molar-refractivity contribution is 0.335. The van der Waals surface area contributed by atoms with Crippen LogP contribution in [0.2, 0.25) is 0 Å². The van der Waals surface area contributed by atoms with Gasteiger partial charge in [0.2, 0.25) is 0 Å². The molecule has 2 aromatic heterocycles. The van der Waals surface area contributed by atoms with Crippen molar-refractivity contribution in [2.45, 2.75) is 20.4 Å². The van der Waals surface area contributed by atoms with Crippen LogP contribution in [0.1, 0.15) is 19.4 Å². The molecule has 1 N–H and O–H groups in total.